The third-order valence-electron chi connectivity index (χ3n) is 4.90. The highest BCUT2D eigenvalue weighted by molar-refractivity contribution is 5.78. The molecular formula is C21H17FN6O2. The molecule has 8 nitrogen and oxygen atoms in total. The van der Waals surface area contributed by atoms with Gasteiger partial charge in [-0.25, -0.2) is 19.3 Å². The second kappa shape index (κ2) is 7.20. The summed E-state index contributed by atoms with van der Waals surface area (Å²) in [6.07, 6.45) is 5.10. The molecule has 1 aromatic carbocycles. The first kappa shape index (κ1) is 18.2. The quantitative estimate of drug-likeness (QED) is 0.484. The number of halogens is 1. The molecule has 0 unspecified atom stereocenters. The van der Waals surface area contributed by atoms with Crippen LogP contribution in [0.3, 0.4) is 0 Å². The van der Waals surface area contributed by atoms with E-state index in [1.54, 1.807) is 18.5 Å². The molecule has 0 radical (unpaired) electrons. The standard InChI is InChI=1S/C21H17FN6O2/c1-30-19-10-23-16-5-6-27(21(16)26-19)15-8-17-20(24-9-15)25-18(12-29)28(17)11-13-3-2-4-14(22)7-13/h2-10,29H,11-12H2,1H3. The van der Waals surface area contributed by atoms with Gasteiger partial charge in [0.1, 0.15) is 23.8 Å². The fourth-order valence-corrected chi connectivity index (χ4v) is 3.48. The van der Waals surface area contributed by atoms with Crippen molar-refractivity contribution in [2.24, 2.45) is 0 Å². The number of fused-ring (bicyclic) bond motifs is 2. The summed E-state index contributed by atoms with van der Waals surface area (Å²) in [5.74, 6) is 0.556. The molecule has 0 aliphatic heterocycles. The highest BCUT2D eigenvalue weighted by Gasteiger charge is 2.15. The summed E-state index contributed by atoms with van der Waals surface area (Å²) in [6, 6.07) is 10.1. The van der Waals surface area contributed by atoms with E-state index in [1.807, 2.05) is 33.5 Å². The molecule has 30 heavy (non-hydrogen) atoms. The maximum Gasteiger partial charge on any atom is 0.234 e. The number of aromatic nitrogens is 6. The van der Waals surface area contributed by atoms with Gasteiger partial charge >= 0.3 is 0 Å². The molecule has 1 N–H and O–H groups in total. The largest absolute Gasteiger partial charge is 0.480 e. The number of benzene rings is 1. The van der Waals surface area contributed by atoms with E-state index >= 15 is 0 Å². The summed E-state index contributed by atoms with van der Waals surface area (Å²) in [4.78, 5) is 17.7. The molecule has 0 aliphatic rings. The van der Waals surface area contributed by atoms with Crippen molar-refractivity contribution in [3.8, 4) is 11.6 Å². The summed E-state index contributed by atoms with van der Waals surface area (Å²) in [6.45, 7) is 0.103. The lowest BCUT2D eigenvalue weighted by atomic mass is 10.2. The van der Waals surface area contributed by atoms with E-state index < -0.39 is 0 Å². The van der Waals surface area contributed by atoms with Crippen LogP contribution in [0, 0.1) is 5.82 Å². The minimum Gasteiger partial charge on any atom is -0.480 e. The SMILES string of the molecule is COc1cnc2ccn(-c3cnc4nc(CO)n(Cc5cccc(F)c5)c4c3)c2n1. The molecule has 5 aromatic rings. The molecule has 0 bridgehead atoms. The van der Waals surface area contributed by atoms with Gasteiger partial charge in [-0.2, -0.15) is 4.98 Å². The Hall–Kier alpha value is -3.85. The van der Waals surface area contributed by atoms with E-state index in [1.165, 1.54) is 19.2 Å². The third-order valence-corrected chi connectivity index (χ3v) is 4.90. The Morgan fingerprint density at radius 1 is 1.10 bits per heavy atom. The van der Waals surface area contributed by atoms with Gasteiger partial charge in [0.25, 0.3) is 0 Å². The number of hydrogen-bond acceptors (Lipinski definition) is 6. The van der Waals surface area contributed by atoms with E-state index in [4.69, 9.17) is 4.74 Å². The van der Waals surface area contributed by atoms with Crippen LogP contribution in [0.5, 0.6) is 5.88 Å². The Balaban J connectivity index is 1.65. The molecule has 0 saturated heterocycles. The molecule has 4 heterocycles. The molecule has 150 valence electrons. The van der Waals surface area contributed by atoms with Crippen molar-refractivity contribution in [2.45, 2.75) is 13.2 Å². The zero-order valence-electron chi connectivity index (χ0n) is 16.0. The Morgan fingerprint density at radius 2 is 2.00 bits per heavy atom. The number of rotatable bonds is 5. The molecule has 4 aromatic heterocycles. The highest BCUT2D eigenvalue weighted by Crippen LogP contribution is 2.23. The lowest BCUT2D eigenvalue weighted by Crippen LogP contribution is -2.06. The van der Waals surface area contributed by atoms with Crippen LogP contribution in [-0.2, 0) is 13.2 Å². The minimum absolute atomic E-state index is 0.254. The molecule has 0 atom stereocenters. The minimum atomic E-state index is -0.312. The van der Waals surface area contributed by atoms with Gasteiger partial charge in [0, 0.05) is 12.7 Å². The van der Waals surface area contributed by atoms with Crippen molar-refractivity contribution in [3.63, 3.8) is 0 Å². The smallest absolute Gasteiger partial charge is 0.234 e. The van der Waals surface area contributed by atoms with Gasteiger partial charge in [-0.3, -0.25) is 4.57 Å². The van der Waals surface area contributed by atoms with Crippen molar-refractivity contribution in [1.82, 2.24) is 29.1 Å². The number of pyridine rings is 1. The van der Waals surface area contributed by atoms with Crippen LogP contribution in [0.25, 0.3) is 28.0 Å². The number of aliphatic hydroxyl groups is 1. The highest BCUT2D eigenvalue weighted by atomic mass is 19.1. The first-order chi connectivity index (χ1) is 14.7. The predicted molar refractivity (Wildman–Crippen MR) is 108 cm³/mol. The number of methoxy groups -OCH3 is 1. The van der Waals surface area contributed by atoms with Crippen molar-refractivity contribution in [1.29, 1.82) is 0 Å². The molecule has 0 saturated carbocycles. The van der Waals surface area contributed by atoms with Crippen LogP contribution in [0.2, 0.25) is 0 Å². The average Bonchev–Trinajstić information content (AvgIpc) is 3.34. The molecule has 0 aliphatic carbocycles. The van der Waals surface area contributed by atoms with Crippen LogP contribution >= 0.6 is 0 Å². The normalized spacial score (nSPS) is 11.4. The van der Waals surface area contributed by atoms with Crippen LogP contribution in [-0.4, -0.2) is 41.3 Å². The average molecular weight is 404 g/mol. The summed E-state index contributed by atoms with van der Waals surface area (Å²) in [5.41, 5.74) is 4.09. The summed E-state index contributed by atoms with van der Waals surface area (Å²) < 4.78 is 22.5. The summed E-state index contributed by atoms with van der Waals surface area (Å²) in [7, 11) is 1.54. The summed E-state index contributed by atoms with van der Waals surface area (Å²) >= 11 is 0. The Labute approximate surface area is 170 Å². The Morgan fingerprint density at radius 3 is 2.80 bits per heavy atom. The monoisotopic (exact) mass is 404 g/mol. The van der Waals surface area contributed by atoms with E-state index in [2.05, 4.69) is 19.9 Å². The maximum absolute atomic E-state index is 13.6. The van der Waals surface area contributed by atoms with E-state index in [0.29, 0.717) is 29.5 Å². The fourth-order valence-electron chi connectivity index (χ4n) is 3.48. The van der Waals surface area contributed by atoms with Crippen LogP contribution in [0.1, 0.15) is 11.4 Å². The first-order valence-electron chi connectivity index (χ1n) is 9.25. The van der Waals surface area contributed by atoms with Gasteiger partial charge in [0.05, 0.1) is 30.7 Å². The Kier molecular flexibility index (Phi) is 4.36. The van der Waals surface area contributed by atoms with Crippen LogP contribution in [0.4, 0.5) is 4.39 Å². The zero-order chi connectivity index (χ0) is 20.7. The van der Waals surface area contributed by atoms with Crippen molar-refractivity contribution < 1.29 is 14.2 Å². The zero-order valence-corrected chi connectivity index (χ0v) is 16.0. The Bertz CT molecular complexity index is 1380. The summed E-state index contributed by atoms with van der Waals surface area (Å²) in [5, 5.41) is 9.78. The first-order valence-corrected chi connectivity index (χ1v) is 9.25. The second-order valence-corrected chi connectivity index (χ2v) is 6.75. The van der Waals surface area contributed by atoms with Crippen molar-refractivity contribution in [3.05, 3.63) is 72.2 Å². The lowest BCUT2D eigenvalue weighted by molar-refractivity contribution is 0.267. The number of aliphatic hydroxyl groups excluding tert-OH is 1. The lowest BCUT2D eigenvalue weighted by Gasteiger charge is -2.10. The topological polar surface area (TPSA) is 90.9 Å². The van der Waals surface area contributed by atoms with Gasteiger partial charge in [-0.05, 0) is 29.8 Å². The third kappa shape index (κ3) is 3.05. The van der Waals surface area contributed by atoms with Gasteiger partial charge < -0.3 is 14.4 Å². The van der Waals surface area contributed by atoms with E-state index in [9.17, 15) is 9.50 Å². The molecule has 0 fully saturated rings. The van der Waals surface area contributed by atoms with Crippen molar-refractivity contribution in [2.75, 3.05) is 7.11 Å². The number of imidazole rings is 1. The van der Waals surface area contributed by atoms with Gasteiger partial charge in [-0.1, -0.05) is 12.1 Å². The number of ether oxygens (including phenoxy) is 1. The molecular weight excluding hydrogens is 387 g/mol. The molecule has 0 amide bonds. The predicted octanol–water partition coefficient (Wildman–Crippen LogP) is 2.85. The molecule has 9 heteroatoms. The van der Waals surface area contributed by atoms with E-state index in [-0.39, 0.29) is 12.4 Å². The maximum atomic E-state index is 13.6. The van der Waals surface area contributed by atoms with E-state index in [0.717, 1.165) is 22.3 Å². The van der Waals surface area contributed by atoms with Gasteiger partial charge in [0.2, 0.25) is 5.88 Å². The second-order valence-electron chi connectivity index (χ2n) is 6.75. The number of nitrogens with zero attached hydrogens (tertiary/aromatic N) is 6. The van der Waals surface area contributed by atoms with Crippen LogP contribution in [0.15, 0.2) is 55.0 Å². The van der Waals surface area contributed by atoms with Gasteiger partial charge in [0.15, 0.2) is 11.3 Å². The number of hydrogen-bond donors (Lipinski definition) is 1. The van der Waals surface area contributed by atoms with Crippen molar-refractivity contribution >= 4 is 22.3 Å². The molecule has 5 rings (SSSR count). The van der Waals surface area contributed by atoms with Gasteiger partial charge in [-0.15, -0.1) is 0 Å². The van der Waals surface area contributed by atoms with Crippen LogP contribution < -0.4 is 4.74 Å². The molecule has 0 spiro atoms. The fraction of sp³-hybridized carbons (Fsp3) is 0.143.